The van der Waals surface area contributed by atoms with Gasteiger partial charge in [0.15, 0.2) is 0 Å². The van der Waals surface area contributed by atoms with Crippen LogP contribution in [0.25, 0.3) is 0 Å². The predicted molar refractivity (Wildman–Crippen MR) is 76.7 cm³/mol. The highest BCUT2D eigenvalue weighted by Gasteiger charge is 2.27. The molecule has 1 aromatic rings. The molecule has 5 nitrogen and oxygen atoms in total. The highest BCUT2D eigenvalue weighted by molar-refractivity contribution is 5.91. The number of piperidine rings is 1. The summed E-state index contributed by atoms with van der Waals surface area (Å²) in [5.41, 5.74) is 0.613. The van der Waals surface area contributed by atoms with Crippen molar-refractivity contribution in [3.63, 3.8) is 0 Å². The molecular formula is C15H19FN2O3. The number of amides is 2. The van der Waals surface area contributed by atoms with Gasteiger partial charge in [0.1, 0.15) is 5.82 Å². The van der Waals surface area contributed by atoms with Crippen molar-refractivity contribution in [2.45, 2.75) is 19.3 Å². The molecule has 114 valence electrons. The molecule has 1 unspecified atom stereocenters. The van der Waals surface area contributed by atoms with E-state index >= 15 is 0 Å². The monoisotopic (exact) mass is 294 g/mol. The van der Waals surface area contributed by atoms with Crippen LogP contribution in [0.2, 0.25) is 0 Å². The molecule has 0 bridgehead atoms. The van der Waals surface area contributed by atoms with E-state index in [2.05, 4.69) is 0 Å². The molecule has 1 aromatic carbocycles. The van der Waals surface area contributed by atoms with Crippen molar-refractivity contribution in [3.05, 3.63) is 30.1 Å². The molecule has 1 heterocycles. The van der Waals surface area contributed by atoms with Crippen molar-refractivity contribution >= 4 is 17.7 Å². The Labute approximate surface area is 123 Å². The Morgan fingerprint density at radius 2 is 2.05 bits per heavy atom. The van der Waals surface area contributed by atoms with Crippen LogP contribution in [0.1, 0.15) is 19.3 Å². The van der Waals surface area contributed by atoms with Crippen LogP contribution < -0.4 is 4.90 Å². The largest absolute Gasteiger partial charge is 0.481 e. The molecule has 21 heavy (non-hydrogen) atoms. The van der Waals surface area contributed by atoms with E-state index in [4.69, 9.17) is 5.11 Å². The first-order valence-electron chi connectivity index (χ1n) is 6.97. The van der Waals surface area contributed by atoms with Gasteiger partial charge >= 0.3 is 12.0 Å². The van der Waals surface area contributed by atoms with E-state index in [0.717, 1.165) is 12.8 Å². The van der Waals surface area contributed by atoms with Crippen LogP contribution in [-0.2, 0) is 4.79 Å². The second-order valence-electron chi connectivity index (χ2n) is 5.37. The molecule has 0 aliphatic carbocycles. The molecule has 2 amide bonds. The average molecular weight is 294 g/mol. The number of carboxylic acid groups (broad SMARTS) is 1. The Kier molecular flexibility index (Phi) is 4.77. The van der Waals surface area contributed by atoms with Gasteiger partial charge in [0.05, 0.1) is 0 Å². The van der Waals surface area contributed by atoms with E-state index in [1.165, 1.54) is 17.0 Å². The van der Waals surface area contributed by atoms with Crippen LogP contribution in [0.3, 0.4) is 0 Å². The number of likely N-dealkylation sites (tertiary alicyclic amines) is 1. The third-order valence-corrected chi connectivity index (χ3v) is 3.75. The topological polar surface area (TPSA) is 60.9 Å². The molecule has 1 saturated heterocycles. The summed E-state index contributed by atoms with van der Waals surface area (Å²) < 4.78 is 12.9. The molecule has 1 aliphatic rings. The first-order chi connectivity index (χ1) is 9.97. The number of nitrogens with zero attached hydrogens (tertiary/aromatic N) is 2. The van der Waals surface area contributed by atoms with Crippen molar-refractivity contribution < 1.29 is 19.1 Å². The summed E-state index contributed by atoms with van der Waals surface area (Å²) >= 11 is 0. The maximum absolute atomic E-state index is 12.9. The maximum Gasteiger partial charge on any atom is 0.324 e. The highest BCUT2D eigenvalue weighted by Crippen LogP contribution is 2.22. The van der Waals surface area contributed by atoms with Crippen molar-refractivity contribution in [2.75, 3.05) is 25.0 Å². The van der Waals surface area contributed by atoms with E-state index in [9.17, 15) is 14.0 Å². The Hall–Kier alpha value is -2.11. The fraction of sp³-hybridized carbons (Fsp3) is 0.467. The second-order valence-corrected chi connectivity index (χ2v) is 5.37. The highest BCUT2D eigenvalue weighted by atomic mass is 19.1. The van der Waals surface area contributed by atoms with E-state index in [1.807, 2.05) is 0 Å². The van der Waals surface area contributed by atoms with Crippen molar-refractivity contribution in [3.8, 4) is 0 Å². The van der Waals surface area contributed by atoms with Crippen LogP contribution in [0, 0.1) is 11.7 Å². The molecule has 1 N–H and O–H groups in total. The normalized spacial score (nSPS) is 18.4. The Bertz CT molecular complexity index is 518. The minimum atomic E-state index is -0.832. The van der Waals surface area contributed by atoms with Crippen LogP contribution in [0.15, 0.2) is 24.3 Å². The first-order valence-corrected chi connectivity index (χ1v) is 6.97. The Morgan fingerprint density at radius 3 is 2.67 bits per heavy atom. The Morgan fingerprint density at radius 1 is 1.38 bits per heavy atom. The minimum Gasteiger partial charge on any atom is -0.481 e. The van der Waals surface area contributed by atoms with E-state index < -0.39 is 5.97 Å². The molecule has 0 aromatic heterocycles. The first kappa shape index (κ1) is 15.3. The quantitative estimate of drug-likeness (QED) is 0.932. The number of benzene rings is 1. The lowest BCUT2D eigenvalue weighted by Gasteiger charge is -2.34. The molecule has 1 atom stereocenters. The molecule has 0 spiro atoms. The van der Waals surface area contributed by atoms with Crippen LogP contribution in [0.5, 0.6) is 0 Å². The van der Waals surface area contributed by atoms with Crippen LogP contribution >= 0.6 is 0 Å². The SMILES string of the molecule is CN(C(=O)N1CCCC(CC(=O)O)C1)c1ccc(F)cc1. The van der Waals surface area contributed by atoms with Gasteiger partial charge in [0.25, 0.3) is 0 Å². The van der Waals surface area contributed by atoms with E-state index in [0.29, 0.717) is 18.8 Å². The molecule has 1 fully saturated rings. The molecule has 6 heteroatoms. The number of carbonyl (C=O) groups is 2. The summed E-state index contributed by atoms with van der Waals surface area (Å²) in [5.74, 6) is -1.18. The standard InChI is InChI=1S/C15H19FN2O3/c1-17(13-6-4-12(16)5-7-13)15(21)18-8-2-3-11(10-18)9-14(19)20/h4-7,11H,2-3,8-10H2,1H3,(H,19,20). The minimum absolute atomic E-state index is 0.00168. The number of hydrogen-bond acceptors (Lipinski definition) is 2. The summed E-state index contributed by atoms with van der Waals surface area (Å²) in [6, 6.07) is 5.53. The maximum atomic E-state index is 12.9. The number of aliphatic carboxylic acids is 1. The zero-order valence-electron chi connectivity index (χ0n) is 12.0. The van der Waals surface area contributed by atoms with Gasteiger partial charge in [-0.2, -0.15) is 0 Å². The lowest BCUT2D eigenvalue weighted by atomic mass is 9.95. The fourth-order valence-corrected chi connectivity index (χ4v) is 2.64. The van der Waals surface area contributed by atoms with Gasteiger partial charge in [0, 0.05) is 32.2 Å². The van der Waals surface area contributed by atoms with Gasteiger partial charge in [-0.05, 0) is 43.0 Å². The fourth-order valence-electron chi connectivity index (χ4n) is 2.64. The number of urea groups is 1. The number of rotatable bonds is 3. The van der Waals surface area contributed by atoms with Crippen molar-refractivity contribution in [1.29, 1.82) is 0 Å². The van der Waals surface area contributed by atoms with Crippen molar-refractivity contribution in [1.82, 2.24) is 4.90 Å². The van der Waals surface area contributed by atoms with Gasteiger partial charge < -0.3 is 10.0 Å². The summed E-state index contributed by atoms with van der Waals surface area (Å²) in [5, 5.41) is 8.85. The third kappa shape index (κ3) is 3.93. The smallest absolute Gasteiger partial charge is 0.324 e. The van der Waals surface area contributed by atoms with Crippen molar-refractivity contribution in [2.24, 2.45) is 5.92 Å². The third-order valence-electron chi connectivity index (χ3n) is 3.75. The molecule has 0 saturated carbocycles. The number of anilines is 1. The van der Waals surface area contributed by atoms with Gasteiger partial charge in [-0.1, -0.05) is 0 Å². The number of halogens is 1. The predicted octanol–water partition coefficient (Wildman–Crippen LogP) is 2.57. The van der Waals surface area contributed by atoms with Gasteiger partial charge in [-0.3, -0.25) is 9.69 Å². The number of carbonyl (C=O) groups excluding carboxylic acids is 1. The number of carboxylic acids is 1. The number of hydrogen-bond donors (Lipinski definition) is 1. The molecule has 1 aliphatic heterocycles. The zero-order chi connectivity index (χ0) is 15.4. The lowest BCUT2D eigenvalue weighted by Crippen LogP contribution is -2.46. The molecule has 0 radical (unpaired) electrons. The second kappa shape index (κ2) is 6.56. The summed E-state index contributed by atoms with van der Waals surface area (Å²) in [6.07, 6.45) is 1.72. The summed E-state index contributed by atoms with van der Waals surface area (Å²) in [7, 11) is 1.64. The lowest BCUT2D eigenvalue weighted by molar-refractivity contribution is -0.138. The van der Waals surface area contributed by atoms with Gasteiger partial charge in [0.2, 0.25) is 0 Å². The Balaban J connectivity index is 2.01. The van der Waals surface area contributed by atoms with Gasteiger partial charge in [-0.15, -0.1) is 0 Å². The van der Waals surface area contributed by atoms with E-state index in [-0.39, 0.29) is 24.2 Å². The average Bonchev–Trinajstić information content (AvgIpc) is 2.46. The zero-order valence-corrected chi connectivity index (χ0v) is 12.0. The summed E-state index contributed by atoms with van der Waals surface area (Å²) in [6.45, 7) is 1.08. The summed E-state index contributed by atoms with van der Waals surface area (Å²) in [4.78, 5) is 26.3. The molecule has 2 rings (SSSR count). The van der Waals surface area contributed by atoms with Gasteiger partial charge in [-0.25, -0.2) is 9.18 Å². The van der Waals surface area contributed by atoms with Crippen LogP contribution in [0.4, 0.5) is 14.9 Å². The van der Waals surface area contributed by atoms with Crippen LogP contribution in [-0.4, -0.2) is 42.1 Å². The van der Waals surface area contributed by atoms with E-state index in [1.54, 1.807) is 24.1 Å². The molecular weight excluding hydrogens is 275 g/mol.